The van der Waals surface area contributed by atoms with Crippen LogP contribution in [0.5, 0.6) is 0 Å². The highest BCUT2D eigenvalue weighted by Gasteiger charge is 2.73. The first-order valence-electron chi connectivity index (χ1n) is 6.49. The van der Waals surface area contributed by atoms with Crippen molar-refractivity contribution in [3.05, 3.63) is 0 Å². The first-order chi connectivity index (χ1) is 7.95. The Balaban J connectivity index is 2.10. The lowest BCUT2D eigenvalue weighted by Gasteiger charge is -2.41. The second kappa shape index (κ2) is 3.03. The summed E-state index contributed by atoms with van der Waals surface area (Å²) in [4.78, 5) is 25.5. The summed E-state index contributed by atoms with van der Waals surface area (Å²) in [5.41, 5.74) is -0.365. The number of nitrogens with zero attached hydrogens (tertiary/aromatic N) is 1. The van der Waals surface area contributed by atoms with Gasteiger partial charge in [0.1, 0.15) is 6.10 Å². The molecule has 3 atom stereocenters. The Morgan fingerprint density at radius 2 is 2.24 bits per heavy atom. The van der Waals surface area contributed by atoms with Crippen molar-refractivity contribution in [1.29, 1.82) is 0 Å². The summed E-state index contributed by atoms with van der Waals surface area (Å²) in [6.07, 6.45) is 2.81. The van der Waals surface area contributed by atoms with Crippen LogP contribution in [-0.2, 0) is 9.53 Å². The van der Waals surface area contributed by atoms with Crippen molar-refractivity contribution in [2.45, 2.75) is 58.1 Å². The van der Waals surface area contributed by atoms with Crippen LogP contribution in [0, 0.1) is 11.3 Å². The van der Waals surface area contributed by atoms with E-state index < -0.39 is 6.09 Å². The molecule has 4 heteroatoms. The van der Waals surface area contributed by atoms with Gasteiger partial charge in [-0.2, -0.15) is 0 Å². The van der Waals surface area contributed by atoms with Crippen LogP contribution in [0.2, 0.25) is 0 Å². The Bertz CT molecular complexity index is 395. The van der Waals surface area contributed by atoms with Crippen LogP contribution in [0.25, 0.3) is 0 Å². The molecule has 2 bridgehead atoms. The van der Waals surface area contributed by atoms with E-state index in [0.717, 1.165) is 19.3 Å². The van der Waals surface area contributed by atoms with Crippen molar-refractivity contribution >= 4 is 12.0 Å². The molecular formula is C13H19NO3. The summed E-state index contributed by atoms with van der Waals surface area (Å²) in [5, 5.41) is 0. The van der Waals surface area contributed by atoms with Gasteiger partial charge in [-0.25, -0.2) is 9.69 Å². The Labute approximate surface area is 101 Å². The van der Waals surface area contributed by atoms with Gasteiger partial charge in [-0.3, -0.25) is 4.79 Å². The quantitative estimate of drug-likeness (QED) is 0.703. The van der Waals surface area contributed by atoms with Crippen molar-refractivity contribution in [2.75, 3.05) is 0 Å². The van der Waals surface area contributed by atoms with E-state index in [1.807, 2.05) is 0 Å². The molecule has 3 fully saturated rings. The zero-order valence-corrected chi connectivity index (χ0v) is 10.7. The highest BCUT2D eigenvalue weighted by molar-refractivity contribution is 5.95. The molecule has 2 amide bonds. The first-order valence-corrected chi connectivity index (χ1v) is 6.49. The normalized spacial score (nSPS) is 41.6. The van der Waals surface area contributed by atoms with Gasteiger partial charge in [0.25, 0.3) is 0 Å². The molecular weight excluding hydrogens is 218 g/mol. The maximum absolute atomic E-state index is 12.1. The highest BCUT2D eigenvalue weighted by Crippen LogP contribution is 2.65. The molecule has 1 saturated heterocycles. The third kappa shape index (κ3) is 1.00. The van der Waals surface area contributed by atoms with Gasteiger partial charge in [0, 0.05) is 6.42 Å². The number of amides is 2. The molecule has 0 N–H and O–H groups in total. The Hall–Kier alpha value is -1.06. The maximum atomic E-state index is 12.1. The minimum Gasteiger partial charge on any atom is -0.443 e. The SMILES string of the molecule is CCC(=O)N1C(=O)O[C@H]2C[C@H]3CC[C@]21C3(C)C. The number of rotatable bonds is 1. The predicted octanol–water partition coefficient (Wildman–Crippen LogP) is 2.32. The molecule has 0 aromatic rings. The zero-order chi connectivity index (χ0) is 12.4. The smallest absolute Gasteiger partial charge is 0.417 e. The monoisotopic (exact) mass is 237 g/mol. The van der Waals surface area contributed by atoms with Gasteiger partial charge in [0.15, 0.2) is 0 Å². The fourth-order valence-corrected chi connectivity index (χ4v) is 4.38. The molecule has 1 aliphatic heterocycles. The van der Waals surface area contributed by atoms with Gasteiger partial charge in [0.2, 0.25) is 5.91 Å². The van der Waals surface area contributed by atoms with E-state index >= 15 is 0 Å². The fourth-order valence-electron chi connectivity index (χ4n) is 4.38. The number of fused-ring (bicyclic) bond motifs is 1. The van der Waals surface area contributed by atoms with E-state index in [2.05, 4.69) is 13.8 Å². The van der Waals surface area contributed by atoms with Gasteiger partial charge in [0.05, 0.1) is 5.54 Å². The van der Waals surface area contributed by atoms with Gasteiger partial charge in [-0.05, 0) is 30.6 Å². The lowest BCUT2D eigenvalue weighted by atomic mass is 9.74. The number of ether oxygens (including phenoxy) is 1. The molecule has 0 unspecified atom stereocenters. The van der Waals surface area contributed by atoms with Crippen molar-refractivity contribution < 1.29 is 14.3 Å². The highest BCUT2D eigenvalue weighted by atomic mass is 16.6. The van der Waals surface area contributed by atoms with Gasteiger partial charge >= 0.3 is 6.09 Å². The van der Waals surface area contributed by atoms with E-state index in [1.54, 1.807) is 6.92 Å². The number of carbonyl (C=O) groups excluding carboxylic acids is 2. The van der Waals surface area contributed by atoms with Crippen LogP contribution in [0.1, 0.15) is 46.5 Å². The standard InChI is InChI=1S/C13H19NO3/c1-4-10(15)14-11(16)17-9-7-8-5-6-13(9,14)12(8,2)3/h8-9H,4-7H2,1-3H3/t8-,9+,13-/m1/s1. The van der Waals surface area contributed by atoms with Crippen LogP contribution in [0.3, 0.4) is 0 Å². The summed E-state index contributed by atoms with van der Waals surface area (Å²) in [6.45, 7) is 6.17. The lowest BCUT2D eigenvalue weighted by molar-refractivity contribution is -0.134. The molecule has 2 saturated carbocycles. The average molecular weight is 237 g/mol. The number of imide groups is 1. The summed E-state index contributed by atoms with van der Waals surface area (Å²) in [5.74, 6) is 0.487. The zero-order valence-electron chi connectivity index (χ0n) is 10.7. The van der Waals surface area contributed by atoms with Crippen molar-refractivity contribution in [3.63, 3.8) is 0 Å². The van der Waals surface area contributed by atoms with Crippen LogP contribution >= 0.6 is 0 Å². The topological polar surface area (TPSA) is 46.6 Å². The minimum absolute atomic E-state index is 0.00530. The molecule has 94 valence electrons. The van der Waals surface area contributed by atoms with Gasteiger partial charge in [-0.1, -0.05) is 20.8 Å². The summed E-state index contributed by atoms with van der Waals surface area (Å²) in [7, 11) is 0. The molecule has 3 rings (SSSR count). The third-order valence-corrected chi connectivity index (χ3v) is 5.42. The number of carbonyl (C=O) groups is 2. The minimum atomic E-state index is -0.421. The predicted molar refractivity (Wildman–Crippen MR) is 61.3 cm³/mol. The van der Waals surface area contributed by atoms with E-state index in [9.17, 15) is 9.59 Å². The molecule has 0 radical (unpaired) electrons. The third-order valence-electron chi connectivity index (χ3n) is 5.42. The Morgan fingerprint density at radius 1 is 1.53 bits per heavy atom. The number of hydrogen-bond donors (Lipinski definition) is 0. The first kappa shape index (κ1) is 11.1. The van der Waals surface area contributed by atoms with Crippen molar-refractivity contribution in [1.82, 2.24) is 4.90 Å². The molecule has 0 aromatic heterocycles. The molecule has 17 heavy (non-hydrogen) atoms. The molecule has 2 aliphatic carbocycles. The lowest BCUT2D eigenvalue weighted by Crippen LogP contribution is -2.57. The van der Waals surface area contributed by atoms with Crippen LogP contribution in [0.15, 0.2) is 0 Å². The van der Waals surface area contributed by atoms with Crippen molar-refractivity contribution in [2.24, 2.45) is 11.3 Å². The fraction of sp³-hybridized carbons (Fsp3) is 0.846. The number of hydrogen-bond acceptors (Lipinski definition) is 3. The Morgan fingerprint density at radius 3 is 2.82 bits per heavy atom. The maximum Gasteiger partial charge on any atom is 0.417 e. The Kier molecular flexibility index (Phi) is 1.97. The second-order valence-corrected chi connectivity index (χ2v) is 6.07. The van der Waals surface area contributed by atoms with E-state index in [-0.39, 0.29) is 23.0 Å². The summed E-state index contributed by atoms with van der Waals surface area (Å²) >= 11 is 0. The van der Waals surface area contributed by atoms with Crippen LogP contribution in [0.4, 0.5) is 4.79 Å². The van der Waals surface area contributed by atoms with E-state index in [1.165, 1.54) is 4.90 Å². The van der Waals surface area contributed by atoms with Gasteiger partial charge < -0.3 is 4.74 Å². The molecule has 1 heterocycles. The molecule has 4 nitrogen and oxygen atoms in total. The molecule has 0 aromatic carbocycles. The van der Waals surface area contributed by atoms with E-state index in [0.29, 0.717) is 12.3 Å². The van der Waals surface area contributed by atoms with Crippen molar-refractivity contribution in [3.8, 4) is 0 Å². The van der Waals surface area contributed by atoms with Gasteiger partial charge in [-0.15, -0.1) is 0 Å². The van der Waals surface area contributed by atoms with E-state index in [4.69, 9.17) is 4.74 Å². The second-order valence-electron chi connectivity index (χ2n) is 6.07. The molecule has 1 spiro atoms. The molecule has 3 aliphatic rings. The summed E-state index contributed by atoms with van der Waals surface area (Å²) < 4.78 is 5.45. The average Bonchev–Trinajstić information content (AvgIpc) is 2.78. The largest absolute Gasteiger partial charge is 0.443 e. The van der Waals surface area contributed by atoms with Crippen LogP contribution in [-0.4, -0.2) is 28.5 Å². The summed E-state index contributed by atoms with van der Waals surface area (Å²) in [6, 6.07) is 0. The van der Waals surface area contributed by atoms with Crippen LogP contribution < -0.4 is 0 Å².